The van der Waals surface area contributed by atoms with Gasteiger partial charge in [-0.25, -0.2) is 4.79 Å². The Balaban J connectivity index is 2.00. The lowest BCUT2D eigenvalue weighted by Gasteiger charge is -2.14. The highest BCUT2D eigenvalue weighted by molar-refractivity contribution is 6.36. The van der Waals surface area contributed by atoms with Gasteiger partial charge in [-0.15, -0.1) is 0 Å². The lowest BCUT2D eigenvalue weighted by molar-refractivity contribution is -0.123. The molecular formula is C16H13Cl2NO3. The molecule has 0 aliphatic heterocycles. The number of amides is 1. The molecule has 6 heteroatoms. The molecule has 4 nitrogen and oxygen atoms in total. The highest BCUT2D eigenvalue weighted by Crippen LogP contribution is 2.22. The molecule has 0 saturated heterocycles. The molecular weight excluding hydrogens is 325 g/mol. The van der Waals surface area contributed by atoms with Crippen molar-refractivity contribution in [2.45, 2.75) is 13.0 Å². The van der Waals surface area contributed by atoms with Crippen molar-refractivity contribution in [2.75, 3.05) is 5.32 Å². The Hall–Kier alpha value is -2.04. The Morgan fingerprint density at radius 1 is 1.09 bits per heavy atom. The van der Waals surface area contributed by atoms with E-state index >= 15 is 0 Å². The minimum Gasteiger partial charge on any atom is -0.449 e. The second-order valence-corrected chi connectivity index (χ2v) is 5.37. The Morgan fingerprint density at radius 2 is 1.77 bits per heavy atom. The number of esters is 1. The minimum atomic E-state index is -0.959. The fourth-order valence-corrected chi connectivity index (χ4v) is 2.18. The largest absolute Gasteiger partial charge is 0.449 e. The molecule has 0 heterocycles. The summed E-state index contributed by atoms with van der Waals surface area (Å²) in [6.07, 6.45) is -0.959. The van der Waals surface area contributed by atoms with Crippen molar-refractivity contribution in [3.63, 3.8) is 0 Å². The third-order valence-electron chi connectivity index (χ3n) is 2.85. The van der Waals surface area contributed by atoms with Gasteiger partial charge in [0.15, 0.2) is 6.10 Å². The van der Waals surface area contributed by atoms with Crippen molar-refractivity contribution in [3.8, 4) is 0 Å². The molecule has 0 aliphatic carbocycles. The summed E-state index contributed by atoms with van der Waals surface area (Å²) in [5, 5.41) is 3.24. The summed E-state index contributed by atoms with van der Waals surface area (Å²) < 4.78 is 5.11. The number of para-hydroxylation sites is 1. The predicted octanol–water partition coefficient (Wildman–Crippen LogP) is 4.18. The number of anilines is 1. The highest BCUT2D eigenvalue weighted by Gasteiger charge is 2.20. The molecule has 0 saturated carbocycles. The summed E-state index contributed by atoms with van der Waals surface area (Å²) in [6, 6.07) is 13.3. The molecule has 0 aromatic heterocycles. The Labute approximate surface area is 138 Å². The summed E-state index contributed by atoms with van der Waals surface area (Å²) >= 11 is 11.7. The molecule has 2 rings (SSSR count). The van der Waals surface area contributed by atoms with Crippen LogP contribution in [0.5, 0.6) is 0 Å². The summed E-state index contributed by atoms with van der Waals surface area (Å²) in [6.45, 7) is 1.49. The van der Waals surface area contributed by atoms with Gasteiger partial charge in [0, 0.05) is 10.7 Å². The van der Waals surface area contributed by atoms with Crippen molar-refractivity contribution in [2.24, 2.45) is 0 Å². The molecule has 0 unspecified atom stereocenters. The number of rotatable bonds is 4. The van der Waals surface area contributed by atoms with Crippen LogP contribution in [0.15, 0.2) is 48.5 Å². The van der Waals surface area contributed by atoms with E-state index in [0.29, 0.717) is 10.7 Å². The third kappa shape index (κ3) is 4.23. The second kappa shape index (κ2) is 7.29. The van der Waals surface area contributed by atoms with E-state index < -0.39 is 18.0 Å². The molecule has 0 fully saturated rings. The van der Waals surface area contributed by atoms with Gasteiger partial charge in [0.1, 0.15) is 0 Å². The first-order chi connectivity index (χ1) is 10.5. The van der Waals surface area contributed by atoms with Gasteiger partial charge < -0.3 is 10.1 Å². The lowest BCUT2D eigenvalue weighted by Crippen LogP contribution is -2.30. The summed E-state index contributed by atoms with van der Waals surface area (Å²) in [7, 11) is 0. The number of carbonyl (C=O) groups excluding carboxylic acids is 2. The Morgan fingerprint density at radius 3 is 2.41 bits per heavy atom. The van der Waals surface area contributed by atoms with E-state index in [1.807, 2.05) is 6.07 Å². The monoisotopic (exact) mass is 337 g/mol. The van der Waals surface area contributed by atoms with Crippen LogP contribution in [0.25, 0.3) is 0 Å². The van der Waals surface area contributed by atoms with E-state index in [1.54, 1.807) is 24.3 Å². The van der Waals surface area contributed by atoms with Crippen molar-refractivity contribution in [1.82, 2.24) is 0 Å². The number of ether oxygens (including phenoxy) is 1. The SMILES string of the molecule is C[C@H](OC(=O)c1ccc(Cl)cc1Cl)C(=O)Nc1ccccc1. The van der Waals surface area contributed by atoms with Crippen LogP contribution < -0.4 is 5.32 Å². The van der Waals surface area contributed by atoms with Crippen molar-refractivity contribution >= 4 is 40.8 Å². The lowest BCUT2D eigenvalue weighted by atomic mass is 10.2. The maximum Gasteiger partial charge on any atom is 0.340 e. The van der Waals surface area contributed by atoms with Gasteiger partial charge in [-0.1, -0.05) is 41.4 Å². The molecule has 0 radical (unpaired) electrons. The first-order valence-electron chi connectivity index (χ1n) is 6.49. The minimum absolute atomic E-state index is 0.158. The standard InChI is InChI=1S/C16H13Cl2NO3/c1-10(15(20)19-12-5-3-2-4-6-12)22-16(21)13-8-7-11(17)9-14(13)18/h2-10H,1H3,(H,19,20)/t10-/m0/s1. The molecule has 2 aromatic rings. The van der Waals surface area contributed by atoms with Crippen molar-refractivity contribution in [1.29, 1.82) is 0 Å². The molecule has 1 N–H and O–H groups in total. The van der Waals surface area contributed by atoms with E-state index in [2.05, 4.69) is 5.32 Å². The zero-order chi connectivity index (χ0) is 16.1. The van der Waals surface area contributed by atoms with Crippen LogP contribution in [0.2, 0.25) is 10.0 Å². The number of halogens is 2. The number of carbonyl (C=O) groups is 2. The third-order valence-corrected chi connectivity index (χ3v) is 3.39. The van der Waals surface area contributed by atoms with Crippen LogP contribution in [0.4, 0.5) is 5.69 Å². The van der Waals surface area contributed by atoms with Gasteiger partial charge in [-0.3, -0.25) is 4.79 Å². The highest BCUT2D eigenvalue weighted by atomic mass is 35.5. The topological polar surface area (TPSA) is 55.4 Å². The number of hydrogen-bond acceptors (Lipinski definition) is 3. The fourth-order valence-electron chi connectivity index (χ4n) is 1.70. The summed E-state index contributed by atoms with van der Waals surface area (Å²) in [5.74, 6) is -1.11. The van der Waals surface area contributed by atoms with E-state index in [0.717, 1.165) is 0 Å². The summed E-state index contributed by atoms with van der Waals surface area (Å²) in [4.78, 5) is 24.0. The number of nitrogens with one attached hydrogen (secondary N) is 1. The zero-order valence-corrected chi connectivity index (χ0v) is 13.2. The van der Waals surface area contributed by atoms with Gasteiger partial charge in [0.05, 0.1) is 10.6 Å². The van der Waals surface area contributed by atoms with E-state index in [9.17, 15) is 9.59 Å². The van der Waals surface area contributed by atoms with Crippen LogP contribution in [0, 0.1) is 0 Å². The van der Waals surface area contributed by atoms with Crippen LogP contribution >= 0.6 is 23.2 Å². The van der Waals surface area contributed by atoms with E-state index in [1.165, 1.54) is 25.1 Å². The smallest absolute Gasteiger partial charge is 0.340 e. The van der Waals surface area contributed by atoms with Crippen LogP contribution in [0.1, 0.15) is 17.3 Å². The first-order valence-corrected chi connectivity index (χ1v) is 7.25. The van der Waals surface area contributed by atoms with Crippen LogP contribution in [-0.2, 0) is 9.53 Å². The normalized spacial score (nSPS) is 11.6. The quantitative estimate of drug-likeness (QED) is 0.851. The van der Waals surface area contributed by atoms with Gasteiger partial charge in [0.2, 0.25) is 0 Å². The van der Waals surface area contributed by atoms with Gasteiger partial charge in [0.25, 0.3) is 5.91 Å². The average molecular weight is 338 g/mol. The Kier molecular flexibility index (Phi) is 5.41. The number of benzene rings is 2. The molecule has 2 aromatic carbocycles. The van der Waals surface area contributed by atoms with Gasteiger partial charge in [-0.05, 0) is 37.3 Å². The van der Waals surface area contributed by atoms with Crippen LogP contribution in [-0.4, -0.2) is 18.0 Å². The van der Waals surface area contributed by atoms with Gasteiger partial charge in [-0.2, -0.15) is 0 Å². The number of hydrogen-bond donors (Lipinski definition) is 1. The van der Waals surface area contributed by atoms with Crippen molar-refractivity contribution < 1.29 is 14.3 Å². The average Bonchev–Trinajstić information content (AvgIpc) is 2.47. The predicted molar refractivity (Wildman–Crippen MR) is 86.4 cm³/mol. The molecule has 0 spiro atoms. The molecule has 1 atom stereocenters. The van der Waals surface area contributed by atoms with E-state index in [4.69, 9.17) is 27.9 Å². The molecule has 0 aliphatic rings. The fraction of sp³-hybridized carbons (Fsp3) is 0.125. The first kappa shape index (κ1) is 16.3. The maximum atomic E-state index is 12.0. The molecule has 1 amide bonds. The molecule has 114 valence electrons. The zero-order valence-electron chi connectivity index (χ0n) is 11.7. The van der Waals surface area contributed by atoms with Gasteiger partial charge >= 0.3 is 5.97 Å². The summed E-state index contributed by atoms with van der Waals surface area (Å²) in [5.41, 5.74) is 0.783. The molecule has 22 heavy (non-hydrogen) atoms. The maximum absolute atomic E-state index is 12.0. The van der Waals surface area contributed by atoms with Crippen LogP contribution in [0.3, 0.4) is 0 Å². The Bertz CT molecular complexity index is 689. The second-order valence-electron chi connectivity index (χ2n) is 4.53. The van der Waals surface area contributed by atoms with Crippen molar-refractivity contribution in [3.05, 3.63) is 64.1 Å². The van der Waals surface area contributed by atoms with E-state index in [-0.39, 0.29) is 10.6 Å². The molecule has 0 bridgehead atoms.